The van der Waals surface area contributed by atoms with E-state index < -0.39 is 11.1 Å². The molecule has 12 heavy (non-hydrogen) atoms. The maximum Gasteiger partial charge on any atom is 0.165 e. The standard InChI is InChI=1S/C8H5ClFO.Y/c1-5-2-3-6(8(9)11)4-7(5)10;/h2,4H,1H3;/q-1;. The van der Waals surface area contributed by atoms with Gasteiger partial charge in [-0.3, -0.25) is 0 Å². The Bertz CT molecular complexity index is 301. The number of carbonyl (C=O) groups excluding carboxylic acids is 1. The summed E-state index contributed by atoms with van der Waals surface area (Å²) < 4.78 is 12.7. The molecule has 61 valence electrons. The quantitative estimate of drug-likeness (QED) is 0.559. The van der Waals surface area contributed by atoms with E-state index in [0.29, 0.717) is 5.56 Å². The fourth-order valence-corrected chi connectivity index (χ4v) is 0.760. The fraction of sp³-hybridized carbons (Fsp3) is 0.125. The summed E-state index contributed by atoms with van der Waals surface area (Å²) in [4.78, 5) is 10.5. The smallest absolute Gasteiger partial charge is 0.165 e. The molecule has 0 atom stereocenters. The predicted molar refractivity (Wildman–Crippen MR) is 40.2 cm³/mol. The Kier molecular flexibility index (Phi) is 5.14. The van der Waals surface area contributed by atoms with Crippen LogP contribution in [0.15, 0.2) is 12.1 Å². The van der Waals surface area contributed by atoms with Crippen molar-refractivity contribution in [2.75, 3.05) is 0 Å². The fourth-order valence-electron chi connectivity index (χ4n) is 0.651. The summed E-state index contributed by atoms with van der Waals surface area (Å²) in [5.74, 6) is -0.437. The minimum absolute atomic E-state index is 0. The predicted octanol–water partition coefficient (Wildman–Crippen LogP) is 2.31. The van der Waals surface area contributed by atoms with Gasteiger partial charge in [0.05, 0.1) is 0 Å². The van der Waals surface area contributed by atoms with Gasteiger partial charge in [0.25, 0.3) is 0 Å². The van der Waals surface area contributed by atoms with Crippen molar-refractivity contribution in [3.63, 3.8) is 0 Å². The van der Waals surface area contributed by atoms with Gasteiger partial charge >= 0.3 is 0 Å². The van der Waals surface area contributed by atoms with E-state index in [4.69, 9.17) is 11.6 Å². The molecule has 0 heterocycles. The molecule has 1 aromatic carbocycles. The maximum atomic E-state index is 12.7. The van der Waals surface area contributed by atoms with Crippen LogP contribution in [0.4, 0.5) is 4.39 Å². The van der Waals surface area contributed by atoms with Gasteiger partial charge in [0.15, 0.2) is 5.24 Å². The molecule has 1 aromatic rings. The van der Waals surface area contributed by atoms with Crippen LogP contribution in [0.1, 0.15) is 15.9 Å². The van der Waals surface area contributed by atoms with Gasteiger partial charge in [-0.25, -0.2) is 4.39 Å². The average molecular weight is 260 g/mol. The van der Waals surface area contributed by atoms with Crippen molar-refractivity contribution in [3.8, 4) is 0 Å². The van der Waals surface area contributed by atoms with E-state index in [2.05, 4.69) is 6.07 Å². The number of hydrogen-bond acceptors (Lipinski definition) is 1. The van der Waals surface area contributed by atoms with E-state index in [1.54, 1.807) is 6.92 Å². The van der Waals surface area contributed by atoms with Crippen LogP contribution in [-0.2, 0) is 32.7 Å². The largest absolute Gasteiger partial charge is 0.334 e. The van der Waals surface area contributed by atoms with Gasteiger partial charge in [0.2, 0.25) is 0 Å². The zero-order valence-corrected chi connectivity index (χ0v) is 9.99. The van der Waals surface area contributed by atoms with E-state index in [-0.39, 0.29) is 38.3 Å². The molecule has 0 saturated carbocycles. The van der Waals surface area contributed by atoms with Crippen LogP contribution in [0.3, 0.4) is 0 Å². The summed E-state index contributed by atoms with van der Waals surface area (Å²) in [5.41, 5.74) is 0.515. The van der Waals surface area contributed by atoms with Crippen molar-refractivity contribution in [1.82, 2.24) is 0 Å². The molecule has 0 aliphatic heterocycles. The second-order valence-electron chi connectivity index (χ2n) is 2.15. The molecule has 0 aliphatic rings. The van der Waals surface area contributed by atoms with E-state index in [9.17, 15) is 9.18 Å². The van der Waals surface area contributed by atoms with Crippen LogP contribution < -0.4 is 0 Å². The minimum Gasteiger partial charge on any atom is -0.334 e. The molecule has 0 bridgehead atoms. The van der Waals surface area contributed by atoms with Gasteiger partial charge in [-0.2, -0.15) is 0 Å². The Morgan fingerprint density at radius 3 is 2.67 bits per heavy atom. The molecule has 0 aromatic heterocycles. The van der Waals surface area contributed by atoms with Crippen LogP contribution >= 0.6 is 11.6 Å². The van der Waals surface area contributed by atoms with E-state index in [1.165, 1.54) is 6.07 Å². The van der Waals surface area contributed by atoms with Gasteiger partial charge in [-0.1, -0.05) is 18.1 Å². The second-order valence-corrected chi connectivity index (χ2v) is 2.49. The first kappa shape index (κ1) is 12.2. The normalized spacial score (nSPS) is 8.92. The Morgan fingerprint density at radius 2 is 2.25 bits per heavy atom. The molecule has 1 rings (SSSR count). The Morgan fingerprint density at radius 1 is 1.67 bits per heavy atom. The van der Waals surface area contributed by atoms with Crippen LogP contribution in [0.2, 0.25) is 0 Å². The molecule has 0 amide bonds. The molecule has 0 spiro atoms. The van der Waals surface area contributed by atoms with Crippen molar-refractivity contribution in [2.24, 2.45) is 0 Å². The third-order valence-corrected chi connectivity index (χ3v) is 1.51. The van der Waals surface area contributed by atoms with Gasteiger partial charge in [-0.05, 0) is 0 Å². The van der Waals surface area contributed by atoms with Crippen molar-refractivity contribution < 1.29 is 41.9 Å². The van der Waals surface area contributed by atoms with Crippen LogP contribution in [0.25, 0.3) is 0 Å². The van der Waals surface area contributed by atoms with Gasteiger partial charge in [0, 0.05) is 38.5 Å². The number of halogens is 2. The van der Waals surface area contributed by atoms with E-state index in [1.807, 2.05) is 0 Å². The molecular weight excluding hydrogens is 255 g/mol. The molecule has 0 saturated heterocycles. The molecule has 0 fully saturated rings. The first-order chi connectivity index (χ1) is 5.11. The summed E-state index contributed by atoms with van der Waals surface area (Å²) in [7, 11) is 0. The first-order valence-corrected chi connectivity index (χ1v) is 3.36. The zero-order chi connectivity index (χ0) is 8.43. The second kappa shape index (κ2) is 5.05. The van der Waals surface area contributed by atoms with Gasteiger partial charge in [-0.15, -0.1) is 29.8 Å². The topological polar surface area (TPSA) is 17.1 Å². The summed E-state index contributed by atoms with van der Waals surface area (Å²) in [6, 6.07) is 5.02. The number of carbonyl (C=O) groups is 1. The van der Waals surface area contributed by atoms with E-state index >= 15 is 0 Å². The Balaban J connectivity index is 0.00000121. The number of rotatable bonds is 1. The molecular formula is C8H5ClFOY-. The number of benzene rings is 1. The van der Waals surface area contributed by atoms with Gasteiger partial charge in [0.1, 0.15) is 0 Å². The van der Waals surface area contributed by atoms with Crippen LogP contribution in [-0.4, -0.2) is 5.24 Å². The molecule has 0 aliphatic carbocycles. The summed E-state index contributed by atoms with van der Waals surface area (Å²) in [6.45, 7) is 1.59. The zero-order valence-electron chi connectivity index (χ0n) is 6.40. The monoisotopic (exact) mass is 260 g/mol. The Labute approximate surface area is 100 Å². The summed E-state index contributed by atoms with van der Waals surface area (Å²) >= 11 is 5.09. The average Bonchev–Trinajstić information content (AvgIpc) is 1.94. The third kappa shape index (κ3) is 2.93. The SMILES string of the molecule is Cc1c[c-]c(C(=O)Cl)cc1F.[Y]. The molecule has 1 nitrogen and oxygen atoms in total. The van der Waals surface area contributed by atoms with Crippen LogP contribution in [0.5, 0.6) is 0 Å². The first-order valence-electron chi connectivity index (χ1n) is 2.99. The third-order valence-electron chi connectivity index (χ3n) is 1.30. The minimum atomic E-state index is -0.691. The van der Waals surface area contributed by atoms with Gasteiger partial charge < -0.3 is 4.79 Å². The summed E-state index contributed by atoms with van der Waals surface area (Å²) in [6.07, 6.45) is 0. The van der Waals surface area contributed by atoms with E-state index in [0.717, 1.165) is 6.07 Å². The summed E-state index contributed by atoms with van der Waals surface area (Å²) in [5, 5.41) is -0.691. The number of aryl methyl sites for hydroxylation is 1. The van der Waals surface area contributed by atoms with Crippen LogP contribution in [0, 0.1) is 18.8 Å². The molecule has 1 radical (unpaired) electrons. The number of hydrogen-bond donors (Lipinski definition) is 0. The Hall–Kier alpha value is 0.214. The molecule has 4 heteroatoms. The van der Waals surface area contributed by atoms with Crippen molar-refractivity contribution in [3.05, 3.63) is 35.1 Å². The molecule has 0 unspecified atom stereocenters. The molecule has 0 N–H and O–H groups in total. The van der Waals surface area contributed by atoms with Crippen molar-refractivity contribution in [2.45, 2.75) is 6.92 Å². The van der Waals surface area contributed by atoms with Crippen molar-refractivity contribution >= 4 is 16.8 Å². The maximum absolute atomic E-state index is 12.7. The van der Waals surface area contributed by atoms with Crippen molar-refractivity contribution in [1.29, 1.82) is 0 Å².